The average Bonchev–Trinajstić information content (AvgIpc) is 2.45. The van der Waals surface area contributed by atoms with Crippen LogP contribution in [0.15, 0.2) is 12.1 Å². The summed E-state index contributed by atoms with van der Waals surface area (Å²) in [6.07, 6.45) is 6.21. The predicted octanol–water partition coefficient (Wildman–Crippen LogP) is 3.64. The molecular weight excluding hydrogens is 246 g/mol. The van der Waals surface area contributed by atoms with Gasteiger partial charge >= 0.3 is 0 Å². The van der Waals surface area contributed by atoms with Crippen molar-refractivity contribution < 1.29 is 5.11 Å². The Balaban J connectivity index is 1.93. The van der Waals surface area contributed by atoms with Crippen molar-refractivity contribution in [2.45, 2.75) is 59.4 Å². The standard InChI is InChI=1S/C18H29NO/c1-14-9-16(3)17(10-15(14)2)11-19-12-18(13-20)7-5-4-6-8-18/h9-10,19-20H,4-8,11-13H2,1-3H3. The highest BCUT2D eigenvalue weighted by Crippen LogP contribution is 2.35. The zero-order valence-corrected chi connectivity index (χ0v) is 13.3. The molecule has 0 saturated heterocycles. The Kier molecular flexibility index (Phi) is 5.22. The first-order valence-corrected chi connectivity index (χ1v) is 7.95. The fourth-order valence-corrected chi connectivity index (χ4v) is 3.37. The van der Waals surface area contributed by atoms with Crippen LogP contribution in [-0.4, -0.2) is 18.3 Å². The zero-order chi connectivity index (χ0) is 14.6. The highest BCUT2D eigenvalue weighted by atomic mass is 16.3. The van der Waals surface area contributed by atoms with Crippen LogP contribution >= 0.6 is 0 Å². The largest absolute Gasteiger partial charge is 0.396 e. The zero-order valence-electron chi connectivity index (χ0n) is 13.3. The molecule has 2 rings (SSSR count). The molecule has 0 amide bonds. The van der Waals surface area contributed by atoms with Crippen molar-refractivity contribution in [3.63, 3.8) is 0 Å². The molecule has 0 atom stereocenters. The van der Waals surface area contributed by atoms with Crippen LogP contribution in [0.1, 0.15) is 54.4 Å². The fraction of sp³-hybridized carbons (Fsp3) is 0.667. The van der Waals surface area contributed by atoms with Crippen LogP contribution in [-0.2, 0) is 6.54 Å². The number of aliphatic hydroxyl groups is 1. The molecule has 2 N–H and O–H groups in total. The molecule has 1 aliphatic carbocycles. The molecule has 0 aromatic heterocycles. The van der Waals surface area contributed by atoms with Crippen LogP contribution < -0.4 is 5.32 Å². The van der Waals surface area contributed by atoms with Crippen molar-refractivity contribution in [2.24, 2.45) is 5.41 Å². The van der Waals surface area contributed by atoms with Crippen molar-refractivity contribution in [1.82, 2.24) is 5.32 Å². The third kappa shape index (κ3) is 3.62. The van der Waals surface area contributed by atoms with E-state index in [1.165, 1.54) is 54.4 Å². The van der Waals surface area contributed by atoms with Crippen LogP contribution in [0.5, 0.6) is 0 Å². The van der Waals surface area contributed by atoms with Crippen LogP contribution in [0.3, 0.4) is 0 Å². The van der Waals surface area contributed by atoms with E-state index in [2.05, 4.69) is 38.2 Å². The van der Waals surface area contributed by atoms with E-state index in [9.17, 15) is 5.11 Å². The lowest BCUT2D eigenvalue weighted by molar-refractivity contribution is 0.0810. The molecule has 1 aromatic carbocycles. The Morgan fingerprint density at radius 2 is 1.65 bits per heavy atom. The van der Waals surface area contributed by atoms with Gasteiger partial charge in [-0.25, -0.2) is 0 Å². The molecule has 0 unspecified atom stereocenters. The normalized spacial score (nSPS) is 18.2. The Morgan fingerprint density at radius 3 is 2.30 bits per heavy atom. The van der Waals surface area contributed by atoms with Gasteiger partial charge in [0.05, 0.1) is 0 Å². The van der Waals surface area contributed by atoms with Crippen LogP contribution in [0.25, 0.3) is 0 Å². The molecule has 0 bridgehead atoms. The van der Waals surface area contributed by atoms with E-state index in [1.54, 1.807) is 0 Å². The first kappa shape index (κ1) is 15.5. The van der Waals surface area contributed by atoms with Crippen LogP contribution in [0, 0.1) is 26.2 Å². The number of hydrogen-bond acceptors (Lipinski definition) is 2. The minimum Gasteiger partial charge on any atom is -0.396 e. The predicted molar refractivity (Wildman–Crippen MR) is 85.0 cm³/mol. The molecule has 2 heteroatoms. The minimum absolute atomic E-state index is 0.131. The Bertz CT molecular complexity index is 447. The van der Waals surface area contributed by atoms with E-state index in [1.807, 2.05) is 0 Å². The number of hydrogen-bond donors (Lipinski definition) is 2. The maximum Gasteiger partial charge on any atom is 0.0499 e. The van der Waals surface area contributed by atoms with Gasteiger partial charge in [0.1, 0.15) is 0 Å². The van der Waals surface area contributed by atoms with Gasteiger partial charge in [-0.1, -0.05) is 31.4 Å². The topological polar surface area (TPSA) is 32.3 Å². The quantitative estimate of drug-likeness (QED) is 0.860. The van der Waals surface area contributed by atoms with Gasteiger partial charge in [0, 0.05) is 25.1 Å². The number of aryl methyl sites for hydroxylation is 3. The van der Waals surface area contributed by atoms with Gasteiger partial charge in [-0.15, -0.1) is 0 Å². The number of aliphatic hydroxyl groups excluding tert-OH is 1. The molecule has 0 radical (unpaired) electrons. The van der Waals surface area contributed by atoms with Crippen molar-refractivity contribution in [3.05, 3.63) is 34.4 Å². The van der Waals surface area contributed by atoms with Gasteiger partial charge in [0.15, 0.2) is 0 Å². The lowest BCUT2D eigenvalue weighted by Gasteiger charge is -2.36. The third-order valence-electron chi connectivity index (χ3n) is 5.02. The molecule has 0 heterocycles. The average molecular weight is 275 g/mol. The molecule has 20 heavy (non-hydrogen) atoms. The fourth-order valence-electron chi connectivity index (χ4n) is 3.37. The molecule has 1 saturated carbocycles. The van der Waals surface area contributed by atoms with Gasteiger partial charge in [0.2, 0.25) is 0 Å². The van der Waals surface area contributed by atoms with Crippen molar-refractivity contribution in [3.8, 4) is 0 Å². The Hall–Kier alpha value is -0.860. The van der Waals surface area contributed by atoms with Crippen LogP contribution in [0.4, 0.5) is 0 Å². The molecule has 1 fully saturated rings. The second kappa shape index (κ2) is 6.73. The summed E-state index contributed by atoms with van der Waals surface area (Å²) in [7, 11) is 0. The summed E-state index contributed by atoms with van der Waals surface area (Å²) in [6.45, 7) is 8.71. The van der Waals surface area contributed by atoms with Crippen molar-refractivity contribution >= 4 is 0 Å². The van der Waals surface area contributed by atoms with Gasteiger partial charge in [0.25, 0.3) is 0 Å². The summed E-state index contributed by atoms with van der Waals surface area (Å²) in [6, 6.07) is 4.57. The molecule has 1 aromatic rings. The van der Waals surface area contributed by atoms with E-state index in [4.69, 9.17) is 0 Å². The summed E-state index contributed by atoms with van der Waals surface area (Å²) < 4.78 is 0. The second-order valence-electron chi connectivity index (χ2n) is 6.69. The summed E-state index contributed by atoms with van der Waals surface area (Å²) in [5, 5.41) is 13.3. The maximum absolute atomic E-state index is 9.73. The van der Waals surface area contributed by atoms with Gasteiger partial charge < -0.3 is 10.4 Å². The Morgan fingerprint density at radius 1 is 1.00 bits per heavy atom. The first-order chi connectivity index (χ1) is 9.56. The molecular formula is C18H29NO. The lowest BCUT2D eigenvalue weighted by atomic mass is 9.74. The van der Waals surface area contributed by atoms with Gasteiger partial charge in [-0.05, 0) is 55.9 Å². The van der Waals surface area contributed by atoms with Crippen molar-refractivity contribution in [2.75, 3.05) is 13.2 Å². The number of benzene rings is 1. The first-order valence-electron chi connectivity index (χ1n) is 7.95. The van der Waals surface area contributed by atoms with E-state index in [-0.39, 0.29) is 5.41 Å². The number of nitrogens with one attached hydrogen (secondary N) is 1. The van der Waals surface area contributed by atoms with E-state index < -0.39 is 0 Å². The summed E-state index contributed by atoms with van der Waals surface area (Å²) >= 11 is 0. The minimum atomic E-state index is 0.131. The van der Waals surface area contributed by atoms with Crippen molar-refractivity contribution in [1.29, 1.82) is 0 Å². The van der Waals surface area contributed by atoms with Gasteiger partial charge in [-0.3, -0.25) is 0 Å². The third-order valence-corrected chi connectivity index (χ3v) is 5.02. The smallest absolute Gasteiger partial charge is 0.0499 e. The summed E-state index contributed by atoms with van der Waals surface area (Å²) in [5.41, 5.74) is 5.61. The molecule has 0 aliphatic heterocycles. The highest BCUT2D eigenvalue weighted by Gasteiger charge is 2.30. The summed E-state index contributed by atoms with van der Waals surface area (Å²) in [5.74, 6) is 0. The maximum atomic E-state index is 9.73. The SMILES string of the molecule is Cc1cc(C)c(CNCC2(CO)CCCCC2)cc1C. The molecule has 2 nitrogen and oxygen atoms in total. The molecule has 1 aliphatic rings. The highest BCUT2D eigenvalue weighted by molar-refractivity contribution is 5.36. The summed E-state index contributed by atoms with van der Waals surface area (Å²) in [4.78, 5) is 0. The second-order valence-corrected chi connectivity index (χ2v) is 6.69. The molecule has 112 valence electrons. The van der Waals surface area contributed by atoms with E-state index in [0.29, 0.717) is 6.61 Å². The lowest BCUT2D eigenvalue weighted by Crippen LogP contribution is -2.38. The number of rotatable bonds is 5. The van der Waals surface area contributed by atoms with Gasteiger partial charge in [-0.2, -0.15) is 0 Å². The Labute approximate surface area is 123 Å². The van der Waals surface area contributed by atoms with E-state index >= 15 is 0 Å². The van der Waals surface area contributed by atoms with Crippen LogP contribution in [0.2, 0.25) is 0 Å². The molecule has 0 spiro atoms. The van der Waals surface area contributed by atoms with E-state index in [0.717, 1.165) is 13.1 Å². The monoisotopic (exact) mass is 275 g/mol.